The van der Waals surface area contributed by atoms with Crippen molar-refractivity contribution >= 4 is 28.7 Å². The first kappa shape index (κ1) is 20.4. The molecule has 3 rings (SSSR count). The summed E-state index contributed by atoms with van der Waals surface area (Å²) in [5, 5.41) is 4.09. The molecular formula is C22H30N4OS. The largest absolute Gasteiger partial charge is 0.480 e. The van der Waals surface area contributed by atoms with E-state index in [9.17, 15) is 0 Å². The predicted molar refractivity (Wildman–Crippen MR) is 121 cm³/mol. The molecule has 0 radical (unpaired) electrons. The molecule has 1 saturated heterocycles. The summed E-state index contributed by atoms with van der Waals surface area (Å²) in [7, 11) is 1.64. The number of nitrogens with zero attached hydrogens (tertiary/aromatic N) is 3. The van der Waals surface area contributed by atoms with Crippen molar-refractivity contribution in [2.24, 2.45) is 0 Å². The van der Waals surface area contributed by atoms with Crippen molar-refractivity contribution in [2.45, 2.75) is 34.1 Å². The number of hydrogen-bond donors (Lipinski definition) is 1. The standard InChI is InChI=1S/C22H30N4OS/c1-6-18-14-20(21(27-5)23-17(18)4)24-22(28)26-9-7-25(8-10-26)19-12-15(2)11-16(3)13-19/h11-14H,6-10H2,1-5H3,(H,24,28). The van der Waals surface area contributed by atoms with Gasteiger partial charge in [0.1, 0.15) is 5.69 Å². The summed E-state index contributed by atoms with van der Waals surface area (Å²) in [5.41, 5.74) is 6.95. The maximum absolute atomic E-state index is 5.69. The Bertz CT molecular complexity index is 840. The van der Waals surface area contributed by atoms with Gasteiger partial charge in [0.25, 0.3) is 0 Å². The van der Waals surface area contributed by atoms with Gasteiger partial charge in [-0.1, -0.05) is 13.0 Å². The predicted octanol–water partition coefficient (Wildman–Crippen LogP) is 4.10. The van der Waals surface area contributed by atoms with E-state index in [2.05, 4.69) is 65.1 Å². The minimum absolute atomic E-state index is 0.589. The zero-order chi connectivity index (χ0) is 20.3. The Morgan fingerprint density at radius 2 is 1.71 bits per heavy atom. The van der Waals surface area contributed by atoms with Crippen LogP contribution in [0.3, 0.4) is 0 Å². The first-order valence-electron chi connectivity index (χ1n) is 9.85. The van der Waals surface area contributed by atoms with E-state index >= 15 is 0 Å². The second-order valence-electron chi connectivity index (χ2n) is 7.39. The third kappa shape index (κ3) is 4.55. The number of nitrogens with one attached hydrogen (secondary N) is 1. The number of benzene rings is 1. The van der Waals surface area contributed by atoms with Gasteiger partial charge >= 0.3 is 0 Å². The van der Waals surface area contributed by atoms with Gasteiger partial charge in [-0.2, -0.15) is 0 Å². The lowest BCUT2D eigenvalue weighted by Gasteiger charge is -2.37. The van der Waals surface area contributed by atoms with Crippen molar-refractivity contribution in [1.82, 2.24) is 9.88 Å². The number of methoxy groups -OCH3 is 1. The zero-order valence-corrected chi connectivity index (χ0v) is 18.3. The van der Waals surface area contributed by atoms with Crippen LogP contribution in [-0.2, 0) is 6.42 Å². The highest BCUT2D eigenvalue weighted by atomic mass is 32.1. The average molecular weight is 399 g/mol. The summed E-state index contributed by atoms with van der Waals surface area (Å²) in [5.74, 6) is 0.589. The summed E-state index contributed by atoms with van der Waals surface area (Å²) >= 11 is 5.69. The summed E-state index contributed by atoms with van der Waals surface area (Å²) in [6.45, 7) is 12.1. The summed E-state index contributed by atoms with van der Waals surface area (Å²) in [4.78, 5) is 9.21. The van der Waals surface area contributed by atoms with E-state index in [4.69, 9.17) is 17.0 Å². The fourth-order valence-electron chi connectivity index (χ4n) is 3.72. The van der Waals surface area contributed by atoms with Crippen molar-refractivity contribution in [3.05, 3.63) is 46.6 Å². The monoisotopic (exact) mass is 398 g/mol. The quantitative estimate of drug-likeness (QED) is 0.782. The van der Waals surface area contributed by atoms with E-state index in [0.717, 1.165) is 49.1 Å². The van der Waals surface area contributed by atoms with Gasteiger partial charge in [-0.25, -0.2) is 4.98 Å². The van der Waals surface area contributed by atoms with Crippen molar-refractivity contribution in [2.75, 3.05) is 43.5 Å². The van der Waals surface area contributed by atoms with E-state index < -0.39 is 0 Å². The van der Waals surface area contributed by atoms with Crippen molar-refractivity contribution in [1.29, 1.82) is 0 Å². The number of hydrogen-bond acceptors (Lipinski definition) is 4. The van der Waals surface area contributed by atoms with E-state index in [1.165, 1.54) is 22.4 Å². The van der Waals surface area contributed by atoms with Gasteiger partial charge in [-0.3, -0.25) is 0 Å². The lowest BCUT2D eigenvalue weighted by molar-refractivity contribution is 0.388. The van der Waals surface area contributed by atoms with E-state index in [1.807, 2.05) is 6.92 Å². The zero-order valence-electron chi connectivity index (χ0n) is 17.5. The molecule has 0 saturated carbocycles. The molecule has 0 aliphatic carbocycles. The Labute approximate surface area is 173 Å². The molecule has 0 amide bonds. The fraction of sp³-hybridized carbons (Fsp3) is 0.455. The Morgan fingerprint density at radius 3 is 2.29 bits per heavy atom. The van der Waals surface area contributed by atoms with Crippen LogP contribution in [-0.4, -0.2) is 48.3 Å². The van der Waals surface area contributed by atoms with Crippen LogP contribution in [0.4, 0.5) is 11.4 Å². The number of anilines is 2. The molecule has 150 valence electrons. The number of aryl methyl sites for hydroxylation is 4. The average Bonchev–Trinajstić information content (AvgIpc) is 2.68. The van der Waals surface area contributed by atoms with Gasteiger partial charge in [0.05, 0.1) is 7.11 Å². The molecule has 1 aromatic carbocycles. The third-order valence-corrected chi connectivity index (χ3v) is 5.60. The minimum atomic E-state index is 0.589. The smallest absolute Gasteiger partial charge is 0.237 e. The number of thiocarbonyl (C=S) groups is 1. The normalized spacial score (nSPS) is 14.2. The molecule has 1 fully saturated rings. The van der Waals surface area contributed by atoms with Crippen molar-refractivity contribution in [3.63, 3.8) is 0 Å². The van der Waals surface area contributed by atoms with Crippen LogP contribution in [0.1, 0.15) is 29.3 Å². The minimum Gasteiger partial charge on any atom is -0.480 e. The number of piperazine rings is 1. The second-order valence-corrected chi connectivity index (χ2v) is 7.78. The number of rotatable bonds is 4. The fourth-order valence-corrected chi connectivity index (χ4v) is 4.02. The number of aromatic nitrogens is 1. The van der Waals surface area contributed by atoms with Gasteiger partial charge in [0, 0.05) is 37.6 Å². The molecule has 0 spiro atoms. The summed E-state index contributed by atoms with van der Waals surface area (Å²) in [6.07, 6.45) is 0.929. The van der Waals surface area contributed by atoms with Crippen molar-refractivity contribution < 1.29 is 4.74 Å². The van der Waals surface area contributed by atoms with Gasteiger partial charge in [-0.05, 0) is 74.3 Å². The number of ether oxygens (including phenoxy) is 1. The highest BCUT2D eigenvalue weighted by molar-refractivity contribution is 7.80. The van der Waals surface area contributed by atoms with E-state index in [-0.39, 0.29) is 0 Å². The molecule has 6 heteroatoms. The molecule has 1 aromatic heterocycles. The van der Waals surface area contributed by atoms with Gasteiger partial charge in [0.15, 0.2) is 5.11 Å². The molecule has 28 heavy (non-hydrogen) atoms. The van der Waals surface area contributed by atoms with Gasteiger partial charge in [0.2, 0.25) is 5.88 Å². The van der Waals surface area contributed by atoms with Crippen LogP contribution in [0, 0.1) is 20.8 Å². The van der Waals surface area contributed by atoms with Crippen LogP contribution in [0.15, 0.2) is 24.3 Å². The van der Waals surface area contributed by atoms with Crippen LogP contribution in [0.25, 0.3) is 0 Å². The maximum Gasteiger partial charge on any atom is 0.237 e. The Hall–Kier alpha value is -2.34. The molecule has 1 aliphatic rings. The Kier molecular flexibility index (Phi) is 6.39. The molecular weight excluding hydrogens is 368 g/mol. The molecule has 1 N–H and O–H groups in total. The SMILES string of the molecule is CCc1cc(NC(=S)N2CCN(c3cc(C)cc(C)c3)CC2)c(OC)nc1C. The van der Waals surface area contributed by atoms with Crippen LogP contribution < -0.4 is 15.0 Å². The third-order valence-electron chi connectivity index (χ3n) is 5.24. The van der Waals surface area contributed by atoms with Crippen molar-refractivity contribution in [3.8, 4) is 5.88 Å². The highest BCUT2D eigenvalue weighted by Gasteiger charge is 2.21. The first-order valence-corrected chi connectivity index (χ1v) is 10.3. The maximum atomic E-state index is 5.69. The van der Waals surface area contributed by atoms with Gasteiger partial charge < -0.3 is 19.9 Å². The van der Waals surface area contributed by atoms with Crippen LogP contribution >= 0.6 is 12.2 Å². The Balaban J connectivity index is 1.66. The van der Waals surface area contributed by atoms with E-state index in [1.54, 1.807) is 7.11 Å². The lowest BCUT2D eigenvalue weighted by atomic mass is 10.1. The van der Waals surface area contributed by atoms with E-state index in [0.29, 0.717) is 5.88 Å². The molecule has 5 nitrogen and oxygen atoms in total. The molecule has 2 aromatic rings. The molecule has 0 bridgehead atoms. The highest BCUT2D eigenvalue weighted by Crippen LogP contribution is 2.26. The summed E-state index contributed by atoms with van der Waals surface area (Å²) < 4.78 is 5.45. The second kappa shape index (κ2) is 8.78. The molecule has 2 heterocycles. The lowest BCUT2D eigenvalue weighted by Crippen LogP contribution is -2.50. The van der Waals surface area contributed by atoms with Crippen LogP contribution in [0.2, 0.25) is 0 Å². The summed E-state index contributed by atoms with van der Waals surface area (Å²) in [6, 6.07) is 8.83. The van der Waals surface area contributed by atoms with Crippen LogP contribution in [0.5, 0.6) is 5.88 Å². The Morgan fingerprint density at radius 1 is 1.07 bits per heavy atom. The number of pyridine rings is 1. The topological polar surface area (TPSA) is 40.6 Å². The first-order chi connectivity index (χ1) is 13.4. The molecule has 0 unspecified atom stereocenters. The molecule has 1 aliphatic heterocycles. The molecule has 0 atom stereocenters. The van der Waals surface area contributed by atoms with Gasteiger partial charge in [-0.15, -0.1) is 0 Å².